The number of aliphatic carboxylic acids is 1. The Morgan fingerprint density at radius 2 is 1.78 bits per heavy atom. The fourth-order valence-corrected chi connectivity index (χ4v) is 4.40. The lowest BCUT2D eigenvalue weighted by Crippen LogP contribution is -2.36. The van der Waals surface area contributed by atoms with E-state index in [9.17, 15) is 24.3 Å². The number of carbonyl (C=O) groups excluding carboxylic acids is 3. The molecule has 2 atom stereocenters. The number of primary amides is 1. The molecule has 8 nitrogen and oxygen atoms in total. The van der Waals surface area contributed by atoms with Gasteiger partial charge in [0.05, 0.1) is 23.5 Å². The lowest BCUT2D eigenvalue weighted by Gasteiger charge is -2.27. The van der Waals surface area contributed by atoms with Gasteiger partial charge in [0.2, 0.25) is 5.91 Å². The van der Waals surface area contributed by atoms with E-state index in [2.05, 4.69) is 5.32 Å². The third-order valence-electron chi connectivity index (χ3n) is 4.58. The number of esters is 1. The van der Waals surface area contributed by atoms with Crippen molar-refractivity contribution >= 4 is 40.1 Å². The molecule has 9 heteroatoms. The van der Waals surface area contributed by atoms with Crippen molar-refractivity contribution in [1.82, 2.24) is 0 Å². The summed E-state index contributed by atoms with van der Waals surface area (Å²) >= 11 is 0.912. The highest BCUT2D eigenvalue weighted by atomic mass is 32.1. The summed E-state index contributed by atoms with van der Waals surface area (Å²) in [4.78, 5) is 48.4. The number of amides is 2. The number of nitrogens with one attached hydrogen (secondary N) is 1. The summed E-state index contributed by atoms with van der Waals surface area (Å²) in [6.45, 7) is 4.96. The first-order chi connectivity index (χ1) is 12.6. The van der Waals surface area contributed by atoms with E-state index in [4.69, 9.17) is 10.5 Å². The Hall–Kier alpha value is -2.42. The van der Waals surface area contributed by atoms with Crippen LogP contribution in [0.25, 0.3) is 0 Å². The maximum Gasteiger partial charge on any atom is 0.348 e. The highest BCUT2D eigenvalue weighted by molar-refractivity contribution is 7.18. The highest BCUT2D eigenvalue weighted by Crippen LogP contribution is 2.36. The van der Waals surface area contributed by atoms with Crippen LogP contribution in [-0.4, -0.2) is 35.0 Å². The van der Waals surface area contributed by atoms with E-state index in [0.29, 0.717) is 18.4 Å². The summed E-state index contributed by atoms with van der Waals surface area (Å²) in [5, 5.41) is 12.1. The fraction of sp³-hybridized carbons (Fsp3) is 0.556. The molecular weight excluding hydrogens is 372 g/mol. The number of hydrogen-bond donors (Lipinski definition) is 3. The van der Waals surface area contributed by atoms with Crippen molar-refractivity contribution in [2.45, 2.75) is 52.6 Å². The van der Waals surface area contributed by atoms with Crippen molar-refractivity contribution in [2.75, 3.05) is 5.32 Å². The van der Waals surface area contributed by atoms with Gasteiger partial charge in [0, 0.05) is 0 Å². The molecule has 0 aromatic carbocycles. The largest absolute Gasteiger partial charge is 0.481 e. The van der Waals surface area contributed by atoms with Gasteiger partial charge in [-0.25, -0.2) is 4.79 Å². The number of carboxylic acids is 1. The van der Waals surface area contributed by atoms with E-state index in [-0.39, 0.29) is 21.5 Å². The Bertz CT molecular complexity index is 770. The summed E-state index contributed by atoms with van der Waals surface area (Å²) in [7, 11) is 0. The molecule has 1 aliphatic rings. The molecule has 1 saturated carbocycles. The summed E-state index contributed by atoms with van der Waals surface area (Å²) in [6, 6.07) is 0. The Morgan fingerprint density at radius 1 is 1.19 bits per heavy atom. The predicted molar refractivity (Wildman–Crippen MR) is 99.8 cm³/mol. The lowest BCUT2D eigenvalue weighted by atomic mass is 9.79. The number of hydrogen-bond acceptors (Lipinski definition) is 6. The molecule has 0 spiro atoms. The number of ether oxygens (including phenoxy) is 1. The lowest BCUT2D eigenvalue weighted by molar-refractivity contribution is -0.147. The summed E-state index contributed by atoms with van der Waals surface area (Å²) in [6.07, 6.45) is 2.08. The third-order valence-corrected chi connectivity index (χ3v) is 5.77. The van der Waals surface area contributed by atoms with Gasteiger partial charge in [0.1, 0.15) is 9.88 Å². The average molecular weight is 396 g/mol. The van der Waals surface area contributed by atoms with E-state index in [1.165, 1.54) is 0 Å². The van der Waals surface area contributed by atoms with E-state index >= 15 is 0 Å². The molecule has 1 aliphatic carbocycles. The second kappa shape index (κ2) is 8.51. The van der Waals surface area contributed by atoms with E-state index < -0.39 is 35.6 Å². The maximum atomic E-state index is 12.7. The monoisotopic (exact) mass is 396 g/mol. The topological polar surface area (TPSA) is 136 Å². The molecule has 2 rings (SSSR count). The van der Waals surface area contributed by atoms with E-state index in [1.54, 1.807) is 20.8 Å². The van der Waals surface area contributed by atoms with Crippen LogP contribution in [0.3, 0.4) is 0 Å². The van der Waals surface area contributed by atoms with E-state index in [0.717, 1.165) is 24.2 Å². The molecule has 1 fully saturated rings. The Balaban J connectivity index is 2.31. The molecule has 1 aromatic heterocycles. The van der Waals surface area contributed by atoms with Gasteiger partial charge in [-0.2, -0.15) is 0 Å². The summed E-state index contributed by atoms with van der Waals surface area (Å²) in [5.41, 5.74) is 5.82. The van der Waals surface area contributed by atoms with Crippen molar-refractivity contribution < 1.29 is 29.0 Å². The van der Waals surface area contributed by atoms with Crippen molar-refractivity contribution in [3.8, 4) is 0 Å². The van der Waals surface area contributed by atoms with Crippen LogP contribution >= 0.6 is 11.3 Å². The Labute approximate surface area is 161 Å². The highest BCUT2D eigenvalue weighted by Gasteiger charge is 2.36. The molecular formula is C18H24N2O6S. The van der Waals surface area contributed by atoms with Crippen LogP contribution in [0.5, 0.6) is 0 Å². The predicted octanol–water partition coefficient (Wildman–Crippen LogP) is 2.55. The standard InChI is InChI=1S/C18H24N2O6S/c1-8(2)26-18(25)13-9(3)12(14(19)21)16(27-13)20-15(22)10-6-4-5-7-11(10)17(23)24/h8,10-11H,4-7H2,1-3H3,(H2,19,21)(H,20,22)(H,23,24). The molecule has 1 heterocycles. The van der Waals surface area contributed by atoms with Gasteiger partial charge in [-0.05, 0) is 39.2 Å². The van der Waals surface area contributed by atoms with Crippen molar-refractivity contribution in [3.05, 3.63) is 16.0 Å². The van der Waals surface area contributed by atoms with Gasteiger partial charge in [-0.1, -0.05) is 12.8 Å². The average Bonchev–Trinajstić information content (AvgIpc) is 2.90. The molecule has 2 unspecified atom stereocenters. The molecule has 4 N–H and O–H groups in total. The number of thiophene rings is 1. The number of carbonyl (C=O) groups is 4. The number of anilines is 1. The Morgan fingerprint density at radius 3 is 2.30 bits per heavy atom. The molecule has 0 radical (unpaired) electrons. The smallest absolute Gasteiger partial charge is 0.348 e. The number of nitrogens with two attached hydrogens (primary N) is 1. The molecule has 0 aliphatic heterocycles. The quantitative estimate of drug-likeness (QED) is 0.632. The molecule has 148 valence electrons. The van der Waals surface area contributed by atoms with Gasteiger partial charge < -0.3 is 20.9 Å². The zero-order valence-corrected chi connectivity index (χ0v) is 16.4. The van der Waals surface area contributed by atoms with Crippen molar-refractivity contribution in [3.63, 3.8) is 0 Å². The first-order valence-corrected chi connectivity index (χ1v) is 9.63. The van der Waals surface area contributed by atoms with Crippen LogP contribution in [0, 0.1) is 18.8 Å². The van der Waals surface area contributed by atoms with Gasteiger partial charge >= 0.3 is 11.9 Å². The summed E-state index contributed by atoms with van der Waals surface area (Å²) in [5.74, 6) is -4.31. The normalized spacial score (nSPS) is 19.6. The second-order valence-corrected chi connectivity index (χ2v) is 7.92. The van der Waals surface area contributed by atoms with Gasteiger partial charge in [0.15, 0.2) is 0 Å². The Kier molecular flexibility index (Phi) is 6.59. The summed E-state index contributed by atoms with van der Waals surface area (Å²) < 4.78 is 5.16. The van der Waals surface area contributed by atoms with Crippen molar-refractivity contribution in [1.29, 1.82) is 0 Å². The van der Waals surface area contributed by atoms with Crippen LogP contribution in [-0.2, 0) is 14.3 Å². The minimum Gasteiger partial charge on any atom is -0.481 e. The third kappa shape index (κ3) is 4.65. The molecule has 0 bridgehead atoms. The van der Waals surface area contributed by atoms with Crippen LogP contribution in [0.2, 0.25) is 0 Å². The molecule has 1 aromatic rings. The van der Waals surface area contributed by atoms with Gasteiger partial charge in [-0.3, -0.25) is 14.4 Å². The molecule has 2 amide bonds. The number of carboxylic acid groups (broad SMARTS) is 1. The minimum atomic E-state index is -1.01. The SMILES string of the molecule is Cc1c(C(=O)OC(C)C)sc(NC(=O)C2CCCCC2C(=O)O)c1C(N)=O. The van der Waals surface area contributed by atoms with Crippen LogP contribution < -0.4 is 11.1 Å². The maximum absolute atomic E-state index is 12.7. The van der Waals surface area contributed by atoms with Crippen LogP contribution in [0.1, 0.15) is 65.1 Å². The fourth-order valence-electron chi connectivity index (χ4n) is 3.31. The van der Waals surface area contributed by atoms with Crippen LogP contribution in [0.15, 0.2) is 0 Å². The van der Waals surface area contributed by atoms with Crippen LogP contribution in [0.4, 0.5) is 5.00 Å². The second-order valence-electron chi connectivity index (χ2n) is 6.90. The van der Waals surface area contributed by atoms with E-state index in [1.807, 2.05) is 0 Å². The number of rotatable bonds is 6. The zero-order chi connectivity index (χ0) is 20.3. The molecule has 0 saturated heterocycles. The minimum absolute atomic E-state index is 0.0479. The molecule has 27 heavy (non-hydrogen) atoms. The van der Waals surface area contributed by atoms with Gasteiger partial charge in [-0.15, -0.1) is 11.3 Å². The van der Waals surface area contributed by atoms with Crippen molar-refractivity contribution in [2.24, 2.45) is 17.6 Å². The zero-order valence-electron chi connectivity index (χ0n) is 15.5. The first kappa shape index (κ1) is 20.9. The van der Waals surface area contributed by atoms with Gasteiger partial charge in [0.25, 0.3) is 5.91 Å². The first-order valence-electron chi connectivity index (χ1n) is 8.81.